The molecule has 0 aliphatic rings. The minimum absolute atomic E-state index is 0.296. The third-order valence-electron chi connectivity index (χ3n) is 2.86. The number of sulfonamides is 1. The Balaban J connectivity index is 1.93. The molecule has 2 rings (SSSR count). The quantitative estimate of drug-likeness (QED) is 0.728. The molecular weight excluding hydrogens is 306 g/mol. The van der Waals surface area contributed by atoms with Crippen LogP contribution < -0.4 is 10.0 Å². The number of aromatic nitrogens is 1. The van der Waals surface area contributed by atoms with Crippen LogP contribution in [0.3, 0.4) is 0 Å². The third kappa shape index (κ3) is 4.71. The highest BCUT2D eigenvalue weighted by Gasteiger charge is 2.14. The second-order valence-electron chi connectivity index (χ2n) is 4.60. The van der Waals surface area contributed by atoms with Gasteiger partial charge in [0.25, 0.3) is 10.0 Å². The summed E-state index contributed by atoms with van der Waals surface area (Å²) >= 11 is 1.18. The van der Waals surface area contributed by atoms with Crippen molar-refractivity contribution in [2.45, 2.75) is 30.4 Å². The maximum Gasteiger partial charge on any atom is 0.271 e. The Hall–Kier alpha value is -1.60. The molecule has 0 amide bonds. The summed E-state index contributed by atoms with van der Waals surface area (Å²) in [5.74, 6) is 0.755. The molecule has 5 nitrogen and oxygen atoms in total. The van der Waals surface area contributed by atoms with Gasteiger partial charge in [-0.25, -0.2) is 13.4 Å². The van der Waals surface area contributed by atoms with E-state index in [1.165, 1.54) is 30.4 Å². The Labute approximate surface area is 129 Å². The summed E-state index contributed by atoms with van der Waals surface area (Å²) in [6.07, 6.45) is 4.99. The molecule has 0 radical (unpaired) electrons. The summed E-state index contributed by atoms with van der Waals surface area (Å²) in [6.45, 7) is 3.04. The first kappa shape index (κ1) is 15.8. The van der Waals surface area contributed by atoms with E-state index in [1.807, 2.05) is 0 Å². The predicted octanol–water partition coefficient (Wildman–Crippen LogP) is 3.55. The zero-order valence-corrected chi connectivity index (χ0v) is 13.5. The first-order valence-electron chi connectivity index (χ1n) is 6.88. The van der Waals surface area contributed by atoms with Gasteiger partial charge in [-0.2, -0.15) is 0 Å². The molecule has 0 aromatic carbocycles. The van der Waals surface area contributed by atoms with Gasteiger partial charge in [-0.15, -0.1) is 11.3 Å². The van der Waals surface area contributed by atoms with Crippen molar-refractivity contribution in [1.82, 2.24) is 4.98 Å². The van der Waals surface area contributed by atoms with E-state index in [1.54, 1.807) is 29.6 Å². The van der Waals surface area contributed by atoms with E-state index in [9.17, 15) is 8.42 Å². The van der Waals surface area contributed by atoms with Crippen LogP contribution in [0.15, 0.2) is 40.1 Å². The molecule has 0 unspecified atom stereocenters. The fourth-order valence-corrected chi connectivity index (χ4v) is 3.81. The Morgan fingerprint density at radius 2 is 2.10 bits per heavy atom. The Bertz CT molecular complexity index is 637. The zero-order valence-electron chi connectivity index (χ0n) is 11.9. The van der Waals surface area contributed by atoms with E-state index in [4.69, 9.17) is 0 Å². The lowest BCUT2D eigenvalue weighted by atomic mass is 10.2. The molecule has 0 saturated carbocycles. The van der Waals surface area contributed by atoms with Crippen molar-refractivity contribution in [3.05, 3.63) is 35.8 Å². The Morgan fingerprint density at radius 1 is 1.24 bits per heavy atom. The summed E-state index contributed by atoms with van der Waals surface area (Å²) in [6, 6.07) is 6.77. The van der Waals surface area contributed by atoms with E-state index in [0.717, 1.165) is 18.8 Å². The number of anilines is 2. The monoisotopic (exact) mass is 325 g/mol. The third-order valence-corrected chi connectivity index (χ3v) is 5.64. The first-order chi connectivity index (χ1) is 10.1. The van der Waals surface area contributed by atoms with E-state index >= 15 is 0 Å². The molecule has 2 aromatic heterocycles. The maximum absolute atomic E-state index is 12.0. The van der Waals surface area contributed by atoms with Gasteiger partial charge in [-0.3, -0.25) is 4.72 Å². The molecule has 0 aliphatic carbocycles. The average Bonchev–Trinajstić information content (AvgIpc) is 3.00. The summed E-state index contributed by atoms with van der Waals surface area (Å²) < 4.78 is 26.9. The predicted molar refractivity (Wildman–Crippen MR) is 87.4 cm³/mol. The van der Waals surface area contributed by atoms with E-state index in [0.29, 0.717) is 9.90 Å². The molecular formula is C14H19N3O2S2. The number of nitrogens with zero attached hydrogens (tertiary/aromatic N) is 1. The normalized spacial score (nSPS) is 11.3. The zero-order chi connectivity index (χ0) is 15.1. The van der Waals surface area contributed by atoms with Crippen molar-refractivity contribution >= 4 is 32.9 Å². The standard InChI is InChI=1S/C14H19N3O2S2/c1-2-3-4-9-15-13-8-7-12(11-16-13)17-21(18,19)14-6-5-10-20-14/h5-8,10-11,17H,2-4,9H2,1H3,(H,15,16). The van der Waals surface area contributed by atoms with E-state index in [2.05, 4.69) is 21.9 Å². The number of thiophene rings is 1. The lowest BCUT2D eigenvalue weighted by molar-refractivity contribution is 0.603. The van der Waals surface area contributed by atoms with Crippen molar-refractivity contribution in [3.8, 4) is 0 Å². The lowest BCUT2D eigenvalue weighted by Gasteiger charge is -2.08. The van der Waals surface area contributed by atoms with Gasteiger partial charge < -0.3 is 5.32 Å². The fourth-order valence-electron chi connectivity index (χ4n) is 1.77. The van der Waals surface area contributed by atoms with Gasteiger partial charge in [0.1, 0.15) is 10.0 Å². The van der Waals surface area contributed by atoms with Crippen molar-refractivity contribution in [2.75, 3.05) is 16.6 Å². The number of nitrogens with one attached hydrogen (secondary N) is 2. The van der Waals surface area contributed by atoms with Crippen LogP contribution in [0.1, 0.15) is 26.2 Å². The fraction of sp³-hybridized carbons (Fsp3) is 0.357. The van der Waals surface area contributed by atoms with Crippen molar-refractivity contribution in [1.29, 1.82) is 0 Å². The van der Waals surface area contributed by atoms with Gasteiger partial charge in [0, 0.05) is 6.54 Å². The number of hydrogen-bond acceptors (Lipinski definition) is 5. The summed E-state index contributed by atoms with van der Waals surface area (Å²) in [4.78, 5) is 4.21. The minimum Gasteiger partial charge on any atom is -0.370 e. The van der Waals surface area contributed by atoms with Crippen LogP contribution in [0.25, 0.3) is 0 Å². The molecule has 0 saturated heterocycles. The summed E-state index contributed by atoms with van der Waals surface area (Å²) in [7, 11) is -3.50. The number of rotatable bonds is 8. The highest BCUT2D eigenvalue weighted by molar-refractivity contribution is 7.94. The molecule has 0 bridgehead atoms. The van der Waals surface area contributed by atoms with Crippen molar-refractivity contribution in [2.24, 2.45) is 0 Å². The van der Waals surface area contributed by atoms with Gasteiger partial charge in [0.05, 0.1) is 11.9 Å². The van der Waals surface area contributed by atoms with Crippen LogP contribution >= 0.6 is 11.3 Å². The minimum atomic E-state index is -3.50. The summed E-state index contributed by atoms with van der Waals surface area (Å²) in [5, 5.41) is 4.94. The SMILES string of the molecule is CCCCCNc1ccc(NS(=O)(=O)c2cccs2)cn1. The second kappa shape index (κ2) is 7.42. The van der Waals surface area contributed by atoms with Gasteiger partial charge in [0.15, 0.2) is 0 Å². The van der Waals surface area contributed by atoms with Crippen LogP contribution in [-0.4, -0.2) is 19.9 Å². The number of hydrogen-bond donors (Lipinski definition) is 2. The van der Waals surface area contributed by atoms with Crippen LogP contribution in [0.4, 0.5) is 11.5 Å². The number of unbranched alkanes of at least 4 members (excludes halogenated alkanes) is 2. The van der Waals surface area contributed by atoms with Gasteiger partial charge >= 0.3 is 0 Å². The molecule has 0 spiro atoms. The van der Waals surface area contributed by atoms with Crippen molar-refractivity contribution in [3.63, 3.8) is 0 Å². The van der Waals surface area contributed by atoms with Crippen LogP contribution in [0.2, 0.25) is 0 Å². The van der Waals surface area contributed by atoms with Crippen LogP contribution in [-0.2, 0) is 10.0 Å². The lowest BCUT2D eigenvalue weighted by Crippen LogP contribution is -2.12. The van der Waals surface area contributed by atoms with Crippen LogP contribution in [0.5, 0.6) is 0 Å². The smallest absolute Gasteiger partial charge is 0.271 e. The first-order valence-corrected chi connectivity index (χ1v) is 9.24. The largest absolute Gasteiger partial charge is 0.370 e. The second-order valence-corrected chi connectivity index (χ2v) is 7.46. The molecule has 0 fully saturated rings. The summed E-state index contributed by atoms with van der Waals surface area (Å²) in [5.41, 5.74) is 0.461. The Kier molecular flexibility index (Phi) is 5.58. The molecule has 7 heteroatoms. The topological polar surface area (TPSA) is 71.1 Å². The van der Waals surface area contributed by atoms with Crippen LogP contribution in [0, 0.1) is 0 Å². The van der Waals surface area contributed by atoms with Gasteiger partial charge in [-0.05, 0) is 30.0 Å². The molecule has 0 atom stereocenters. The molecule has 2 aromatic rings. The molecule has 2 N–H and O–H groups in total. The van der Waals surface area contributed by atoms with E-state index < -0.39 is 10.0 Å². The van der Waals surface area contributed by atoms with E-state index in [-0.39, 0.29) is 0 Å². The Morgan fingerprint density at radius 3 is 2.71 bits per heavy atom. The molecule has 21 heavy (non-hydrogen) atoms. The van der Waals surface area contributed by atoms with Gasteiger partial charge in [-0.1, -0.05) is 25.8 Å². The highest BCUT2D eigenvalue weighted by atomic mass is 32.2. The van der Waals surface area contributed by atoms with Crippen molar-refractivity contribution < 1.29 is 8.42 Å². The molecule has 2 heterocycles. The maximum atomic E-state index is 12.0. The molecule has 0 aliphatic heterocycles. The molecule has 114 valence electrons. The van der Waals surface area contributed by atoms with Gasteiger partial charge in [0.2, 0.25) is 0 Å². The number of pyridine rings is 1. The average molecular weight is 325 g/mol. The highest BCUT2D eigenvalue weighted by Crippen LogP contribution is 2.20.